The van der Waals surface area contributed by atoms with Gasteiger partial charge >= 0.3 is 5.97 Å². The van der Waals surface area contributed by atoms with Crippen LogP contribution in [-0.2, 0) is 11.2 Å². The van der Waals surface area contributed by atoms with Gasteiger partial charge in [0.15, 0.2) is 11.3 Å². The van der Waals surface area contributed by atoms with Crippen LogP contribution in [0, 0.1) is 0 Å². The number of alkyl halides is 1. The molecule has 0 aliphatic carbocycles. The van der Waals surface area contributed by atoms with Crippen LogP contribution in [0.3, 0.4) is 0 Å². The number of aromatic nitrogens is 3. The maximum absolute atomic E-state index is 11.6. The smallest absolute Gasteiger partial charge is 0.357 e. The van der Waals surface area contributed by atoms with Crippen LogP contribution >= 0.6 is 23.2 Å². The summed E-state index contributed by atoms with van der Waals surface area (Å²) >= 11 is 11.8. The normalized spacial score (nSPS) is 10.8. The highest BCUT2D eigenvalue weighted by Crippen LogP contribution is 2.21. The van der Waals surface area contributed by atoms with Gasteiger partial charge in [-0.3, -0.25) is 0 Å². The van der Waals surface area contributed by atoms with Crippen LogP contribution in [0.4, 0.5) is 0 Å². The lowest BCUT2D eigenvalue weighted by Gasteiger charge is -2.09. The quantitative estimate of drug-likeness (QED) is 0.487. The van der Waals surface area contributed by atoms with Crippen LogP contribution in [0.1, 0.15) is 16.1 Å². The van der Waals surface area contributed by atoms with Gasteiger partial charge in [-0.15, -0.1) is 11.6 Å². The number of halogens is 2. The van der Waals surface area contributed by atoms with Crippen molar-refractivity contribution in [2.75, 3.05) is 13.0 Å². The van der Waals surface area contributed by atoms with Crippen molar-refractivity contribution < 1.29 is 9.53 Å². The number of hydrogen-bond acceptors (Lipinski definition) is 4. The number of methoxy groups -OCH3 is 1. The predicted molar refractivity (Wildman–Crippen MR) is 63.8 cm³/mol. The Morgan fingerprint density at radius 3 is 3.00 bits per heavy atom. The zero-order chi connectivity index (χ0) is 12.4. The first kappa shape index (κ1) is 12.1. The fraction of sp³-hybridized carbons (Fsp3) is 0.300. The first-order valence-electron chi connectivity index (χ1n) is 4.85. The lowest BCUT2D eigenvalue weighted by atomic mass is 10.2. The molecule has 0 saturated heterocycles. The molecule has 2 rings (SSSR count). The van der Waals surface area contributed by atoms with Crippen LogP contribution in [0.25, 0.3) is 5.65 Å². The molecule has 0 aromatic carbocycles. The molecule has 0 aliphatic heterocycles. The minimum atomic E-state index is -0.532. The Morgan fingerprint density at radius 1 is 1.59 bits per heavy atom. The van der Waals surface area contributed by atoms with Gasteiger partial charge < -0.3 is 4.74 Å². The molecule has 2 aromatic rings. The van der Waals surface area contributed by atoms with Gasteiger partial charge in [0, 0.05) is 17.5 Å². The summed E-state index contributed by atoms with van der Waals surface area (Å²) in [7, 11) is 1.29. The van der Waals surface area contributed by atoms with E-state index in [1.807, 2.05) is 0 Å². The van der Waals surface area contributed by atoms with E-state index in [-0.39, 0.29) is 5.69 Å². The summed E-state index contributed by atoms with van der Waals surface area (Å²) in [5, 5.41) is 4.35. The average molecular weight is 274 g/mol. The minimum absolute atomic E-state index is 0.186. The first-order chi connectivity index (χ1) is 8.19. The zero-order valence-electron chi connectivity index (χ0n) is 8.98. The van der Waals surface area contributed by atoms with E-state index in [4.69, 9.17) is 23.2 Å². The SMILES string of the molecule is COC(=O)c1nc2ccnn2c(Cl)c1CCCl. The largest absolute Gasteiger partial charge is 0.464 e. The molecule has 0 aliphatic rings. The van der Waals surface area contributed by atoms with Gasteiger partial charge in [0.1, 0.15) is 5.15 Å². The van der Waals surface area contributed by atoms with Gasteiger partial charge in [0.2, 0.25) is 0 Å². The van der Waals surface area contributed by atoms with Crippen LogP contribution in [-0.4, -0.2) is 33.6 Å². The summed E-state index contributed by atoms with van der Waals surface area (Å²) in [5.74, 6) is -0.200. The molecule has 17 heavy (non-hydrogen) atoms. The van der Waals surface area contributed by atoms with Gasteiger partial charge in [0.25, 0.3) is 0 Å². The van der Waals surface area contributed by atoms with Gasteiger partial charge in [-0.25, -0.2) is 14.3 Å². The van der Waals surface area contributed by atoms with E-state index in [1.54, 1.807) is 12.3 Å². The molecule has 0 N–H and O–H groups in total. The number of esters is 1. The highest BCUT2D eigenvalue weighted by molar-refractivity contribution is 6.31. The lowest BCUT2D eigenvalue weighted by Crippen LogP contribution is -2.12. The molecule has 0 spiro atoms. The van der Waals surface area contributed by atoms with Gasteiger partial charge in [-0.2, -0.15) is 5.10 Å². The molecule has 0 unspecified atom stereocenters. The first-order valence-corrected chi connectivity index (χ1v) is 5.76. The van der Waals surface area contributed by atoms with E-state index >= 15 is 0 Å². The Labute approximate surface area is 107 Å². The number of hydrogen-bond donors (Lipinski definition) is 0. The van der Waals surface area contributed by atoms with Crippen molar-refractivity contribution in [3.63, 3.8) is 0 Å². The third-order valence-corrected chi connectivity index (χ3v) is 2.87. The summed E-state index contributed by atoms with van der Waals surface area (Å²) < 4.78 is 6.13. The zero-order valence-corrected chi connectivity index (χ0v) is 10.5. The van der Waals surface area contributed by atoms with Crippen molar-refractivity contribution in [2.24, 2.45) is 0 Å². The molecule has 0 saturated carbocycles. The maximum atomic E-state index is 11.6. The molecule has 0 atom stereocenters. The lowest BCUT2D eigenvalue weighted by molar-refractivity contribution is 0.0593. The molecule has 0 radical (unpaired) electrons. The van der Waals surface area contributed by atoms with Crippen LogP contribution in [0.2, 0.25) is 5.15 Å². The molecule has 2 aromatic heterocycles. The van der Waals surface area contributed by atoms with Gasteiger partial charge in [-0.05, 0) is 6.42 Å². The fourth-order valence-corrected chi connectivity index (χ4v) is 2.02. The van der Waals surface area contributed by atoms with E-state index in [0.717, 1.165) is 0 Å². The summed E-state index contributed by atoms with van der Waals surface area (Å²) in [6.07, 6.45) is 1.98. The number of nitrogens with zero attached hydrogens (tertiary/aromatic N) is 3. The van der Waals surface area contributed by atoms with Crippen LogP contribution < -0.4 is 0 Å². The van der Waals surface area contributed by atoms with Crippen molar-refractivity contribution in [3.05, 3.63) is 28.7 Å². The molecule has 5 nitrogen and oxygen atoms in total. The number of ether oxygens (including phenoxy) is 1. The highest BCUT2D eigenvalue weighted by atomic mass is 35.5. The standard InChI is InChI=1S/C10H9Cl2N3O2/c1-17-10(16)8-6(2-4-11)9(12)15-7(14-8)3-5-13-15/h3,5H,2,4H2,1H3. The Kier molecular flexibility index (Phi) is 3.49. The summed E-state index contributed by atoms with van der Waals surface area (Å²) in [6, 6.07) is 1.66. The van der Waals surface area contributed by atoms with Crippen LogP contribution in [0.15, 0.2) is 12.3 Å². The summed E-state index contributed by atoms with van der Waals surface area (Å²) in [6.45, 7) is 0. The molecule has 7 heteroatoms. The molecular weight excluding hydrogens is 265 g/mol. The predicted octanol–water partition coefficient (Wildman–Crippen LogP) is 1.95. The number of rotatable bonds is 3. The molecule has 0 fully saturated rings. The number of carbonyl (C=O) groups is 1. The number of fused-ring (bicyclic) bond motifs is 1. The van der Waals surface area contributed by atoms with E-state index in [1.165, 1.54) is 11.6 Å². The summed E-state index contributed by atoms with van der Waals surface area (Å²) in [4.78, 5) is 15.8. The van der Waals surface area contributed by atoms with E-state index in [0.29, 0.717) is 28.7 Å². The molecule has 90 valence electrons. The van der Waals surface area contributed by atoms with Gasteiger partial charge in [-0.1, -0.05) is 11.6 Å². The maximum Gasteiger partial charge on any atom is 0.357 e. The Hall–Kier alpha value is -1.33. The van der Waals surface area contributed by atoms with E-state index < -0.39 is 5.97 Å². The summed E-state index contributed by atoms with van der Waals surface area (Å²) in [5.41, 5.74) is 1.23. The monoisotopic (exact) mass is 273 g/mol. The molecule has 0 amide bonds. The molecule has 0 bridgehead atoms. The van der Waals surface area contributed by atoms with Crippen LogP contribution in [0.5, 0.6) is 0 Å². The van der Waals surface area contributed by atoms with E-state index in [2.05, 4.69) is 14.8 Å². The van der Waals surface area contributed by atoms with Gasteiger partial charge in [0.05, 0.1) is 13.3 Å². The second kappa shape index (κ2) is 4.89. The van der Waals surface area contributed by atoms with Crippen molar-refractivity contribution >= 4 is 34.8 Å². The van der Waals surface area contributed by atoms with Crippen molar-refractivity contribution in [3.8, 4) is 0 Å². The van der Waals surface area contributed by atoms with Crippen molar-refractivity contribution in [2.45, 2.75) is 6.42 Å². The second-order valence-electron chi connectivity index (χ2n) is 3.26. The van der Waals surface area contributed by atoms with Crippen molar-refractivity contribution in [1.82, 2.24) is 14.6 Å². The highest BCUT2D eigenvalue weighted by Gasteiger charge is 2.19. The fourth-order valence-electron chi connectivity index (χ4n) is 1.52. The van der Waals surface area contributed by atoms with Crippen molar-refractivity contribution in [1.29, 1.82) is 0 Å². The Morgan fingerprint density at radius 2 is 2.35 bits per heavy atom. The molecular formula is C10H9Cl2N3O2. The minimum Gasteiger partial charge on any atom is -0.464 e. The third-order valence-electron chi connectivity index (χ3n) is 2.29. The third kappa shape index (κ3) is 2.08. The molecule has 2 heterocycles. The van der Waals surface area contributed by atoms with E-state index in [9.17, 15) is 4.79 Å². The topological polar surface area (TPSA) is 56.5 Å². The average Bonchev–Trinajstić information content (AvgIpc) is 2.80. The Bertz CT molecular complexity index is 568. The Balaban J connectivity index is 2.70. The number of carbonyl (C=O) groups excluding carboxylic acids is 1. The second-order valence-corrected chi connectivity index (χ2v) is 4.00.